The van der Waals surface area contributed by atoms with E-state index in [0.29, 0.717) is 60.7 Å². The fraction of sp³-hybridized carbons (Fsp3) is 0.293. The molecule has 0 atom stereocenters. The second-order valence-electron chi connectivity index (χ2n) is 29.0. The minimum atomic E-state index is -4.55. The van der Waals surface area contributed by atoms with Gasteiger partial charge in [0.25, 0.3) is 0 Å². The first-order valence-electron chi connectivity index (χ1n) is 40.5. The first-order valence-corrected chi connectivity index (χ1v) is 40.5. The third-order valence-electron chi connectivity index (χ3n) is 20.9. The molecule has 663 valence electrons. The van der Waals surface area contributed by atoms with Crippen molar-refractivity contribution in [2.24, 2.45) is 35.2 Å². The van der Waals surface area contributed by atoms with E-state index in [4.69, 9.17) is 23.7 Å². The van der Waals surface area contributed by atoms with Crippen LogP contribution in [0.2, 0.25) is 0 Å². The molecule has 1 aliphatic carbocycles. The number of ether oxygens (including phenoxy) is 5. The van der Waals surface area contributed by atoms with Crippen LogP contribution in [0, 0.1) is 51.1 Å². The Morgan fingerprint density at radius 3 is 0.838 bits per heavy atom. The Hall–Kier alpha value is -9.14. The fourth-order valence-corrected chi connectivity index (χ4v) is 13.6. The maximum atomic E-state index is 13.1. The van der Waals surface area contributed by atoms with E-state index in [1.54, 1.807) is 53.3 Å². The van der Waals surface area contributed by atoms with E-state index in [9.17, 15) is 37.1 Å². The van der Waals surface area contributed by atoms with Gasteiger partial charge in [0.2, 0.25) is 0 Å². The molecule has 0 saturated heterocycles. The standard InChI is InChI=1S/C20H21N4O2.C19H21N4O2.2C18H19N4O2.C17H14F3N4O2.5Y/c1-3-14-7-4-5-10-19(14)26-13-17-16(15-11-12-15)8-6-9-18(17)24-20(25)23(2)21-22-24;1-4-14-10-8-11-17(23-19(24)22(3)20-21-23)16(14)13-25-18-12-7-6-9-15(18)5-2;2*1-4-14-9-5-6-11-17(14)24-12-15-13(2)8-7-10-16(15)22-18(23)21(3)19-20-22;1-11-6-5-8-14(24-16(25)23(2)21-22-24)12(11)10-26-15-9-4-3-7-13(15)17(18,19)20;;;;;/h5-10,15H,3,11-13H2,1-2H3;7-12H,4-5,13H2,1-3H3;2*6-11H,4,12H2,1-3H3;4-9H,10H2,1-2H3;;;;;/q5*-1;;;;;. The Morgan fingerprint density at radius 2 is 0.562 bits per heavy atom. The van der Waals surface area contributed by atoms with Crippen LogP contribution in [0.15, 0.2) is 206 Å². The molecule has 10 aromatic carbocycles. The Morgan fingerprint density at radius 1 is 0.315 bits per heavy atom. The van der Waals surface area contributed by atoms with Crippen molar-refractivity contribution in [1.29, 1.82) is 0 Å². The van der Waals surface area contributed by atoms with Crippen molar-refractivity contribution in [3.05, 3.63) is 348 Å². The van der Waals surface area contributed by atoms with E-state index in [-0.39, 0.29) is 199 Å². The average molecular weight is 2140 g/mol. The van der Waals surface area contributed by atoms with Gasteiger partial charge in [0.1, 0.15) is 33.0 Å². The summed E-state index contributed by atoms with van der Waals surface area (Å²) >= 11 is 0. The summed E-state index contributed by atoms with van der Waals surface area (Å²) in [4.78, 5) is 61.0. The number of aromatic nitrogens is 20. The second-order valence-corrected chi connectivity index (χ2v) is 29.0. The van der Waals surface area contributed by atoms with E-state index in [1.165, 1.54) is 75.0 Å². The summed E-state index contributed by atoms with van der Waals surface area (Å²) in [7, 11) is 7.78. The Labute approximate surface area is 875 Å². The summed E-state index contributed by atoms with van der Waals surface area (Å²) in [6.07, 6.45) is 2.13. The van der Waals surface area contributed by atoms with E-state index in [2.05, 4.69) is 123 Å². The number of tetrazole rings is 5. The van der Waals surface area contributed by atoms with Crippen LogP contribution in [-0.2, 0) is 270 Å². The van der Waals surface area contributed by atoms with Crippen molar-refractivity contribution in [1.82, 2.24) is 99.0 Å². The SMILES string of the molecule is CCc1c[c-]ccc1OCc1c(C)cccc1-n1nnn(C)c1=O.CCc1c[c-]ccc1OCc1c(C)cccc1-n1nnn(C)c1=O.CCc1c[c-]ccc1OCc1c(C2CC2)cccc1-n1nnn(C)c1=O.CCc1c[c-]ccc1OCc1c(CC)cccc1-n1nnn(C)c1=O.Cc1cccc(-n2nnn(C)c2=O)c1COc1cc[c-]cc1C(F)(F)F.[Y].[Y].[Y].[Y].[Y]. The molecule has 16 rings (SSSR count). The molecule has 0 unspecified atom stereocenters. The molecule has 1 saturated carbocycles. The molecule has 0 N–H and O–H groups in total. The summed E-state index contributed by atoms with van der Waals surface area (Å²) in [6, 6.07) is 69.3. The number of hydrogen-bond donors (Lipinski definition) is 0. The van der Waals surface area contributed by atoms with Gasteiger partial charge in [0.15, 0.2) is 0 Å². The molecule has 1 fully saturated rings. The number of hydrogen-bond acceptors (Lipinski definition) is 20. The van der Waals surface area contributed by atoms with Crippen LogP contribution in [0.3, 0.4) is 0 Å². The normalized spacial score (nSPS) is 11.1. The molecular formula is C92H94F3N20O10Y5-5. The minimum absolute atomic E-state index is 0. The van der Waals surface area contributed by atoms with Gasteiger partial charge in [-0.1, -0.05) is 121 Å². The molecule has 1 aliphatic rings. The predicted molar refractivity (Wildman–Crippen MR) is 459 cm³/mol. The summed E-state index contributed by atoms with van der Waals surface area (Å²) in [5.74, 6) is 3.58. The van der Waals surface area contributed by atoms with Crippen molar-refractivity contribution in [2.75, 3.05) is 0 Å². The zero-order chi connectivity index (χ0) is 89.0. The molecule has 5 radical (unpaired) electrons. The molecule has 0 bridgehead atoms. The van der Waals surface area contributed by atoms with Gasteiger partial charge in [0.05, 0.1) is 28.4 Å². The molecule has 5 aromatic heterocycles. The van der Waals surface area contributed by atoms with Crippen LogP contribution < -0.4 is 52.1 Å². The third-order valence-corrected chi connectivity index (χ3v) is 20.9. The summed E-state index contributed by atoms with van der Waals surface area (Å²) in [6.45, 7) is 17.4. The molecule has 30 nitrogen and oxygen atoms in total. The van der Waals surface area contributed by atoms with Crippen LogP contribution in [0.4, 0.5) is 13.2 Å². The zero-order valence-corrected chi connectivity index (χ0v) is 88.6. The first-order chi connectivity index (χ1) is 60.4. The summed E-state index contributed by atoms with van der Waals surface area (Å²) in [5.41, 5.74) is 14.6. The molecule has 15 aromatic rings. The maximum absolute atomic E-state index is 13.1. The number of nitrogens with zero attached hydrogens (tertiary/aromatic N) is 20. The average Bonchev–Trinajstić information content (AvgIpc) is 1.63. The van der Waals surface area contributed by atoms with Crippen molar-refractivity contribution >= 4 is 0 Å². The monoisotopic (exact) mass is 2140 g/mol. The van der Waals surface area contributed by atoms with E-state index in [1.807, 2.05) is 153 Å². The maximum Gasteiger partial charge on any atom is 0.373 e. The molecule has 130 heavy (non-hydrogen) atoms. The molecule has 0 aliphatic heterocycles. The van der Waals surface area contributed by atoms with Crippen LogP contribution in [-0.4, -0.2) is 99.0 Å². The zero-order valence-electron chi connectivity index (χ0n) is 74.4. The number of halogens is 3. The number of rotatable bonds is 26. The van der Waals surface area contributed by atoms with Gasteiger partial charge < -0.3 is 23.7 Å². The van der Waals surface area contributed by atoms with Crippen molar-refractivity contribution < 1.29 is 200 Å². The topological polar surface area (TPSA) is 310 Å². The van der Waals surface area contributed by atoms with Crippen LogP contribution in [0.5, 0.6) is 28.7 Å². The summed E-state index contributed by atoms with van der Waals surface area (Å²) < 4.78 is 81.2. The molecule has 0 spiro atoms. The second kappa shape index (κ2) is 51.2. The van der Waals surface area contributed by atoms with E-state index >= 15 is 0 Å². The van der Waals surface area contributed by atoms with Gasteiger partial charge in [-0.25, -0.2) is 24.0 Å². The Kier molecular flexibility index (Phi) is 42.5. The van der Waals surface area contributed by atoms with E-state index < -0.39 is 17.4 Å². The fourth-order valence-electron chi connectivity index (χ4n) is 13.6. The molecule has 38 heteroatoms. The van der Waals surface area contributed by atoms with Gasteiger partial charge in [-0.05, 0) is 162 Å². The van der Waals surface area contributed by atoms with Crippen molar-refractivity contribution in [3.8, 4) is 57.2 Å². The van der Waals surface area contributed by atoms with Crippen LogP contribution >= 0.6 is 0 Å². The summed E-state index contributed by atoms with van der Waals surface area (Å²) in [5, 5.41) is 38.5. The van der Waals surface area contributed by atoms with Gasteiger partial charge in [-0.2, -0.15) is 151 Å². The third kappa shape index (κ3) is 26.7. The number of alkyl halides is 3. The van der Waals surface area contributed by atoms with Crippen LogP contribution in [0.25, 0.3) is 28.4 Å². The Bertz CT molecular complexity index is 6420. The van der Waals surface area contributed by atoms with Crippen LogP contribution in [0.1, 0.15) is 137 Å². The molecular weight excluding hydrogens is 2050 g/mol. The van der Waals surface area contributed by atoms with Crippen molar-refractivity contribution in [3.63, 3.8) is 0 Å². The largest absolute Gasteiger partial charge is 0.514 e. The number of benzene rings is 10. The molecule has 0 amide bonds. The Balaban J connectivity index is 0.000000220. The van der Waals surface area contributed by atoms with Gasteiger partial charge in [0, 0.05) is 255 Å². The van der Waals surface area contributed by atoms with Gasteiger partial charge in [-0.15, -0.1) is 52.6 Å². The van der Waals surface area contributed by atoms with Crippen molar-refractivity contribution in [2.45, 2.75) is 145 Å². The molecule has 5 heterocycles. The smallest absolute Gasteiger partial charge is 0.373 e. The minimum Gasteiger partial charge on any atom is -0.514 e. The van der Waals surface area contributed by atoms with Gasteiger partial charge >= 0.3 is 34.6 Å². The first kappa shape index (κ1) is 108. The number of aryl methyl sites for hydroxylation is 13. The van der Waals surface area contributed by atoms with Gasteiger partial charge in [-0.3, -0.25) is 0 Å². The quantitative estimate of drug-likeness (QED) is 0.0455. The predicted octanol–water partition coefficient (Wildman–Crippen LogP) is 12.3. The van der Waals surface area contributed by atoms with E-state index in [0.717, 1.165) is 143 Å².